The van der Waals surface area contributed by atoms with E-state index in [9.17, 15) is 17.6 Å². The highest BCUT2D eigenvalue weighted by Gasteiger charge is 2.30. The van der Waals surface area contributed by atoms with Crippen LogP contribution < -0.4 is 0 Å². The standard InChI is InChI=1S/C23H24F4/c24-16-2-1-3-17-4-6-18(7-5-17)19-8-10-20(11-9-19)21-12-14-22(15-13-21)23(25,26)27/h1,3,8-15,17-18H,2,4-7,16H2. The van der Waals surface area contributed by atoms with E-state index in [2.05, 4.69) is 18.2 Å². The number of benzene rings is 2. The van der Waals surface area contributed by atoms with E-state index in [4.69, 9.17) is 0 Å². The zero-order chi connectivity index (χ0) is 19.3. The number of allylic oxidation sites excluding steroid dienone is 2. The molecule has 4 heteroatoms. The summed E-state index contributed by atoms with van der Waals surface area (Å²) in [5.74, 6) is 1.08. The third-order valence-corrected chi connectivity index (χ3v) is 5.38. The molecule has 0 heterocycles. The lowest BCUT2D eigenvalue weighted by molar-refractivity contribution is -0.137. The molecule has 144 valence electrons. The van der Waals surface area contributed by atoms with E-state index >= 15 is 0 Å². The first-order valence-corrected chi connectivity index (χ1v) is 9.47. The van der Waals surface area contributed by atoms with Crippen LogP contribution in [0.4, 0.5) is 17.6 Å². The lowest BCUT2D eigenvalue weighted by atomic mass is 9.78. The van der Waals surface area contributed by atoms with Crippen LogP contribution in [0.15, 0.2) is 60.7 Å². The van der Waals surface area contributed by atoms with Crippen molar-refractivity contribution in [2.45, 2.75) is 44.2 Å². The Kier molecular flexibility index (Phi) is 6.35. The summed E-state index contributed by atoms with van der Waals surface area (Å²) in [5, 5.41) is 0. The van der Waals surface area contributed by atoms with Crippen molar-refractivity contribution in [2.24, 2.45) is 5.92 Å². The van der Waals surface area contributed by atoms with Gasteiger partial charge in [-0.15, -0.1) is 0 Å². The number of hydrogen-bond acceptors (Lipinski definition) is 0. The lowest BCUT2D eigenvalue weighted by Crippen LogP contribution is -2.11. The molecule has 0 radical (unpaired) electrons. The Morgan fingerprint density at radius 1 is 0.815 bits per heavy atom. The van der Waals surface area contributed by atoms with Gasteiger partial charge in [0.05, 0.1) is 12.2 Å². The van der Waals surface area contributed by atoms with Crippen LogP contribution in [-0.2, 0) is 6.18 Å². The van der Waals surface area contributed by atoms with Crippen LogP contribution in [0.3, 0.4) is 0 Å². The molecule has 1 aliphatic rings. The van der Waals surface area contributed by atoms with Crippen LogP contribution in [-0.4, -0.2) is 6.67 Å². The van der Waals surface area contributed by atoms with E-state index < -0.39 is 11.7 Å². The molecule has 0 bridgehead atoms. The molecule has 0 amide bonds. The van der Waals surface area contributed by atoms with Gasteiger partial charge in [-0.3, -0.25) is 4.39 Å². The second kappa shape index (κ2) is 8.73. The average molecular weight is 376 g/mol. The molecule has 0 nitrogen and oxygen atoms in total. The minimum atomic E-state index is -4.30. The van der Waals surface area contributed by atoms with E-state index in [1.807, 2.05) is 18.2 Å². The predicted octanol–water partition coefficient (Wildman–Crippen LogP) is 7.56. The molecule has 1 fully saturated rings. The van der Waals surface area contributed by atoms with E-state index in [1.165, 1.54) is 17.7 Å². The van der Waals surface area contributed by atoms with Gasteiger partial charge in [-0.25, -0.2) is 0 Å². The Balaban J connectivity index is 1.61. The Hall–Kier alpha value is -2.10. The van der Waals surface area contributed by atoms with Crippen molar-refractivity contribution >= 4 is 0 Å². The van der Waals surface area contributed by atoms with Gasteiger partial charge in [0.25, 0.3) is 0 Å². The van der Waals surface area contributed by atoms with Crippen LogP contribution in [0.2, 0.25) is 0 Å². The van der Waals surface area contributed by atoms with E-state index in [1.54, 1.807) is 0 Å². The van der Waals surface area contributed by atoms with Crippen LogP contribution >= 0.6 is 0 Å². The average Bonchev–Trinajstić information content (AvgIpc) is 2.68. The van der Waals surface area contributed by atoms with Crippen molar-refractivity contribution in [2.75, 3.05) is 6.67 Å². The zero-order valence-corrected chi connectivity index (χ0v) is 15.2. The summed E-state index contributed by atoms with van der Waals surface area (Å²) in [6, 6.07) is 13.5. The van der Waals surface area contributed by atoms with Crippen molar-refractivity contribution in [3.05, 3.63) is 71.8 Å². The maximum atomic E-state index is 12.7. The fraction of sp³-hybridized carbons (Fsp3) is 0.391. The van der Waals surface area contributed by atoms with Gasteiger partial charge in [-0.05, 0) is 72.8 Å². The lowest BCUT2D eigenvalue weighted by Gasteiger charge is -2.27. The Morgan fingerprint density at radius 3 is 1.89 bits per heavy atom. The van der Waals surface area contributed by atoms with Gasteiger partial charge in [0, 0.05) is 0 Å². The molecule has 0 N–H and O–H groups in total. The molecule has 0 saturated heterocycles. The molecule has 3 rings (SSSR count). The summed E-state index contributed by atoms with van der Waals surface area (Å²) in [7, 11) is 0. The normalized spacial score (nSPS) is 20.9. The van der Waals surface area contributed by atoms with Gasteiger partial charge >= 0.3 is 6.18 Å². The highest BCUT2D eigenvalue weighted by Crippen LogP contribution is 2.37. The second-order valence-corrected chi connectivity index (χ2v) is 7.21. The minimum absolute atomic E-state index is 0.295. The quantitative estimate of drug-likeness (QED) is 0.373. The summed E-state index contributed by atoms with van der Waals surface area (Å²) >= 11 is 0. The summed E-state index contributed by atoms with van der Waals surface area (Å²) in [4.78, 5) is 0. The van der Waals surface area contributed by atoms with Crippen molar-refractivity contribution < 1.29 is 17.6 Å². The summed E-state index contributed by atoms with van der Waals surface area (Å²) in [6.07, 6.45) is 4.78. The number of rotatable bonds is 5. The predicted molar refractivity (Wildman–Crippen MR) is 101 cm³/mol. The maximum absolute atomic E-state index is 12.7. The smallest absolute Gasteiger partial charge is 0.251 e. The Bertz CT molecular complexity index is 733. The second-order valence-electron chi connectivity index (χ2n) is 7.21. The fourth-order valence-electron chi connectivity index (χ4n) is 3.80. The first kappa shape index (κ1) is 19.7. The van der Waals surface area contributed by atoms with Gasteiger partial charge in [0.15, 0.2) is 0 Å². The summed E-state index contributed by atoms with van der Waals surface area (Å²) < 4.78 is 50.2. The first-order valence-electron chi connectivity index (χ1n) is 9.47. The molecule has 0 aromatic heterocycles. The highest BCUT2D eigenvalue weighted by molar-refractivity contribution is 5.64. The highest BCUT2D eigenvalue weighted by atomic mass is 19.4. The van der Waals surface area contributed by atoms with E-state index in [0.717, 1.165) is 48.9 Å². The van der Waals surface area contributed by atoms with Crippen molar-refractivity contribution in [1.29, 1.82) is 0 Å². The third kappa shape index (κ3) is 5.21. The fourth-order valence-corrected chi connectivity index (χ4v) is 3.80. The van der Waals surface area contributed by atoms with Gasteiger partial charge in [0.2, 0.25) is 0 Å². The topological polar surface area (TPSA) is 0 Å². The van der Waals surface area contributed by atoms with Crippen molar-refractivity contribution in [3.8, 4) is 11.1 Å². The monoisotopic (exact) mass is 376 g/mol. The summed E-state index contributed by atoms with van der Waals surface area (Å²) in [5.41, 5.74) is 2.38. The Labute approximate surface area is 157 Å². The largest absolute Gasteiger partial charge is 0.416 e. The SMILES string of the molecule is FCCC=CC1CCC(c2ccc(-c3ccc(C(F)(F)F)cc3)cc2)CC1. The number of hydrogen-bond donors (Lipinski definition) is 0. The maximum Gasteiger partial charge on any atom is 0.416 e. The Morgan fingerprint density at radius 2 is 1.37 bits per heavy atom. The summed E-state index contributed by atoms with van der Waals surface area (Å²) in [6.45, 7) is -0.295. The molecule has 1 saturated carbocycles. The van der Waals surface area contributed by atoms with E-state index in [-0.39, 0.29) is 6.67 Å². The molecule has 0 atom stereocenters. The zero-order valence-electron chi connectivity index (χ0n) is 15.2. The number of halogens is 4. The van der Waals surface area contributed by atoms with Gasteiger partial charge in [0.1, 0.15) is 0 Å². The van der Waals surface area contributed by atoms with Crippen LogP contribution in [0.25, 0.3) is 11.1 Å². The van der Waals surface area contributed by atoms with Crippen molar-refractivity contribution in [1.82, 2.24) is 0 Å². The molecule has 2 aromatic rings. The first-order chi connectivity index (χ1) is 13.0. The van der Waals surface area contributed by atoms with Gasteiger partial charge < -0.3 is 0 Å². The molecule has 1 aliphatic carbocycles. The molecule has 0 spiro atoms. The van der Waals surface area contributed by atoms with Crippen LogP contribution in [0.5, 0.6) is 0 Å². The van der Waals surface area contributed by atoms with E-state index in [0.29, 0.717) is 18.3 Å². The van der Waals surface area contributed by atoms with Crippen molar-refractivity contribution in [3.63, 3.8) is 0 Å². The third-order valence-electron chi connectivity index (χ3n) is 5.38. The van der Waals surface area contributed by atoms with Gasteiger partial charge in [-0.2, -0.15) is 13.2 Å². The van der Waals surface area contributed by atoms with Gasteiger partial charge in [-0.1, -0.05) is 48.6 Å². The van der Waals surface area contributed by atoms with Crippen LogP contribution in [0.1, 0.15) is 49.1 Å². The molecule has 0 aliphatic heterocycles. The minimum Gasteiger partial charge on any atom is -0.251 e. The molecule has 0 unspecified atom stereocenters. The molecular weight excluding hydrogens is 352 g/mol. The molecular formula is C23H24F4. The number of alkyl halides is 4. The molecule has 2 aromatic carbocycles. The molecule has 27 heavy (non-hydrogen) atoms. The van der Waals surface area contributed by atoms with Crippen LogP contribution in [0, 0.1) is 5.92 Å².